The maximum absolute atomic E-state index is 12.7. The molecule has 1 aliphatic rings. The fraction of sp³-hybridized carbons (Fsp3) is 0.538. The normalized spacial score (nSPS) is 17.1. The molecule has 116 valence electrons. The predicted octanol–water partition coefficient (Wildman–Crippen LogP) is 0.414. The molecule has 0 spiro atoms. The van der Waals surface area contributed by atoms with Crippen LogP contribution in [-0.4, -0.2) is 49.8 Å². The van der Waals surface area contributed by atoms with Crippen LogP contribution in [0.5, 0.6) is 0 Å². The van der Waals surface area contributed by atoms with Gasteiger partial charge in [-0.25, -0.2) is 13.4 Å². The molecule has 2 heterocycles. The van der Waals surface area contributed by atoms with Crippen molar-refractivity contribution in [1.82, 2.24) is 14.6 Å². The van der Waals surface area contributed by atoms with Crippen molar-refractivity contribution < 1.29 is 13.2 Å². The molecular formula is C13H20N4O3S. The van der Waals surface area contributed by atoms with Crippen molar-refractivity contribution in [2.24, 2.45) is 0 Å². The number of sulfonamides is 1. The van der Waals surface area contributed by atoms with Crippen molar-refractivity contribution in [3.05, 3.63) is 18.3 Å². The smallest absolute Gasteiger partial charge is 0.247 e. The zero-order valence-corrected chi connectivity index (χ0v) is 12.8. The second-order valence-corrected chi connectivity index (χ2v) is 6.73. The topological polar surface area (TPSA) is 91.4 Å². The van der Waals surface area contributed by atoms with E-state index in [0.29, 0.717) is 31.9 Å². The highest BCUT2D eigenvalue weighted by atomic mass is 32.2. The molecule has 8 heteroatoms. The molecular weight excluding hydrogens is 292 g/mol. The number of pyridine rings is 1. The standard InChI is InChI=1S/C13H20N4O3S/c1-2-6-15-13-11(5-3-7-16-13)21(19,20)17-9-4-8-14-12(18)10-17/h3,5,7H,2,4,6,8-10H2,1H3,(H,14,18)(H,15,16). The van der Waals surface area contributed by atoms with E-state index in [1.165, 1.54) is 10.4 Å². The highest BCUT2D eigenvalue weighted by Gasteiger charge is 2.30. The van der Waals surface area contributed by atoms with Crippen LogP contribution < -0.4 is 10.6 Å². The van der Waals surface area contributed by atoms with Crippen molar-refractivity contribution in [2.75, 3.05) is 31.5 Å². The van der Waals surface area contributed by atoms with Crippen LogP contribution in [-0.2, 0) is 14.8 Å². The van der Waals surface area contributed by atoms with Crippen LogP contribution in [0.3, 0.4) is 0 Å². The lowest BCUT2D eigenvalue weighted by molar-refractivity contribution is -0.120. The lowest BCUT2D eigenvalue weighted by atomic mass is 10.4. The molecule has 1 aromatic rings. The second-order valence-electron chi connectivity index (χ2n) is 4.82. The van der Waals surface area contributed by atoms with Crippen LogP contribution >= 0.6 is 0 Å². The number of nitrogens with one attached hydrogen (secondary N) is 2. The van der Waals surface area contributed by atoms with Gasteiger partial charge in [0.1, 0.15) is 10.7 Å². The van der Waals surface area contributed by atoms with E-state index in [1.807, 2.05) is 6.92 Å². The van der Waals surface area contributed by atoms with Gasteiger partial charge in [-0.2, -0.15) is 4.31 Å². The Balaban J connectivity index is 2.32. The molecule has 1 fully saturated rings. The van der Waals surface area contributed by atoms with Crippen LogP contribution in [0.4, 0.5) is 5.82 Å². The monoisotopic (exact) mass is 312 g/mol. The predicted molar refractivity (Wildman–Crippen MR) is 79.4 cm³/mol. The molecule has 7 nitrogen and oxygen atoms in total. The Labute approximate surface area is 124 Å². The largest absolute Gasteiger partial charge is 0.369 e. The fourth-order valence-corrected chi connectivity index (χ4v) is 3.65. The van der Waals surface area contributed by atoms with E-state index in [-0.39, 0.29) is 17.3 Å². The molecule has 2 rings (SSSR count). The average molecular weight is 312 g/mol. The molecule has 1 amide bonds. The molecule has 0 atom stereocenters. The van der Waals surface area contributed by atoms with Gasteiger partial charge in [0, 0.05) is 25.8 Å². The zero-order valence-electron chi connectivity index (χ0n) is 12.0. The summed E-state index contributed by atoms with van der Waals surface area (Å²) in [6.07, 6.45) is 3.01. The first kappa shape index (κ1) is 15.7. The number of carbonyl (C=O) groups excluding carboxylic acids is 1. The third-order valence-electron chi connectivity index (χ3n) is 3.16. The molecule has 0 bridgehead atoms. The summed E-state index contributed by atoms with van der Waals surface area (Å²) in [6, 6.07) is 3.10. The fourth-order valence-electron chi connectivity index (χ4n) is 2.10. The van der Waals surface area contributed by atoms with Crippen LogP contribution in [0.15, 0.2) is 23.2 Å². The first-order valence-electron chi connectivity index (χ1n) is 7.01. The molecule has 1 aromatic heterocycles. The molecule has 0 aliphatic carbocycles. The highest BCUT2D eigenvalue weighted by molar-refractivity contribution is 7.89. The van der Waals surface area contributed by atoms with Crippen molar-refractivity contribution in [3.63, 3.8) is 0 Å². The quantitative estimate of drug-likeness (QED) is 0.822. The molecule has 0 unspecified atom stereocenters. The van der Waals surface area contributed by atoms with E-state index >= 15 is 0 Å². The average Bonchev–Trinajstić information content (AvgIpc) is 2.70. The summed E-state index contributed by atoms with van der Waals surface area (Å²) in [5.74, 6) is 0.0621. The van der Waals surface area contributed by atoms with E-state index in [4.69, 9.17) is 0 Å². The van der Waals surface area contributed by atoms with Gasteiger partial charge in [0.2, 0.25) is 15.9 Å². The van der Waals surface area contributed by atoms with E-state index in [2.05, 4.69) is 15.6 Å². The van der Waals surface area contributed by atoms with E-state index < -0.39 is 10.0 Å². The van der Waals surface area contributed by atoms with Gasteiger partial charge in [-0.3, -0.25) is 4.79 Å². The Kier molecular flexibility index (Phi) is 5.13. The summed E-state index contributed by atoms with van der Waals surface area (Å²) < 4.78 is 26.7. The molecule has 0 radical (unpaired) electrons. The first-order valence-corrected chi connectivity index (χ1v) is 8.45. The zero-order chi connectivity index (χ0) is 15.3. The van der Waals surface area contributed by atoms with Crippen LogP contribution in [0.1, 0.15) is 19.8 Å². The number of carbonyl (C=O) groups is 1. The molecule has 1 aliphatic heterocycles. The highest BCUT2D eigenvalue weighted by Crippen LogP contribution is 2.23. The van der Waals surface area contributed by atoms with Crippen molar-refractivity contribution >= 4 is 21.7 Å². The van der Waals surface area contributed by atoms with Gasteiger partial charge in [-0.1, -0.05) is 6.92 Å². The SMILES string of the molecule is CCCNc1ncccc1S(=O)(=O)N1CCCNC(=O)C1. The summed E-state index contributed by atoms with van der Waals surface area (Å²) in [6.45, 7) is 3.30. The van der Waals surface area contributed by atoms with Gasteiger partial charge in [0.25, 0.3) is 0 Å². The Morgan fingerprint density at radius 3 is 3.05 bits per heavy atom. The lowest BCUT2D eigenvalue weighted by Gasteiger charge is -2.20. The third kappa shape index (κ3) is 3.70. The van der Waals surface area contributed by atoms with Gasteiger partial charge in [-0.15, -0.1) is 0 Å². The van der Waals surface area contributed by atoms with E-state index in [9.17, 15) is 13.2 Å². The Bertz CT molecular complexity index is 603. The van der Waals surface area contributed by atoms with Gasteiger partial charge >= 0.3 is 0 Å². The number of aromatic nitrogens is 1. The summed E-state index contributed by atoms with van der Waals surface area (Å²) in [5, 5.41) is 5.69. The third-order valence-corrected chi connectivity index (χ3v) is 5.03. The Morgan fingerprint density at radius 2 is 2.29 bits per heavy atom. The minimum atomic E-state index is -3.73. The minimum Gasteiger partial charge on any atom is -0.369 e. The second kappa shape index (κ2) is 6.86. The number of rotatable bonds is 5. The maximum atomic E-state index is 12.7. The summed E-state index contributed by atoms with van der Waals surface area (Å²) in [7, 11) is -3.73. The first-order chi connectivity index (χ1) is 10.1. The van der Waals surface area contributed by atoms with Crippen molar-refractivity contribution in [3.8, 4) is 0 Å². The van der Waals surface area contributed by atoms with Crippen LogP contribution in [0.2, 0.25) is 0 Å². The van der Waals surface area contributed by atoms with Crippen LogP contribution in [0.25, 0.3) is 0 Å². The molecule has 21 heavy (non-hydrogen) atoms. The summed E-state index contributed by atoms with van der Waals surface area (Å²) in [5.41, 5.74) is 0. The number of hydrogen-bond acceptors (Lipinski definition) is 5. The van der Waals surface area contributed by atoms with E-state index in [1.54, 1.807) is 12.3 Å². The molecule has 1 saturated heterocycles. The number of hydrogen-bond donors (Lipinski definition) is 2. The molecule has 0 saturated carbocycles. The minimum absolute atomic E-state index is 0.119. The van der Waals surface area contributed by atoms with E-state index in [0.717, 1.165) is 6.42 Å². The van der Waals surface area contributed by atoms with Gasteiger partial charge in [0.15, 0.2) is 0 Å². The van der Waals surface area contributed by atoms with Crippen LogP contribution in [0, 0.1) is 0 Å². The lowest BCUT2D eigenvalue weighted by Crippen LogP contribution is -2.37. The molecule has 0 aromatic carbocycles. The summed E-state index contributed by atoms with van der Waals surface area (Å²) in [4.78, 5) is 15.8. The Morgan fingerprint density at radius 1 is 1.48 bits per heavy atom. The van der Waals surface area contributed by atoms with Gasteiger partial charge < -0.3 is 10.6 Å². The summed E-state index contributed by atoms with van der Waals surface area (Å²) >= 11 is 0. The Hall–Kier alpha value is -1.67. The van der Waals surface area contributed by atoms with Gasteiger partial charge in [0.05, 0.1) is 6.54 Å². The number of nitrogens with zero attached hydrogens (tertiary/aromatic N) is 2. The maximum Gasteiger partial charge on any atom is 0.247 e. The number of anilines is 1. The van der Waals surface area contributed by atoms with Gasteiger partial charge in [-0.05, 0) is 25.0 Å². The number of amides is 1. The molecule has 2 N–H and O–H groups in total. The van der Waals surface area contributed by atoms with Crippen molar-refractivity contribution in [2.45, 2.75) is 24.7 Å². The van der Waals surface area contributed by atoms with Crippen molar-refractivity contribution in [1.29, 1.82) is 0 Å².